The molecule has 0 radical (unpaired) electrons. The Morgan fingerprint density at radius 2 is 2.12 bits per heavy atom. The lowest BCUT2D eigenvalue weighted by Crippen LogP contribution is -2.26. The highest BCUT2D eigenvalue weighted by atomic mass is 79.9. The summed E-state index contributed by atoms with van der Waals surface area (Å²) in [4.78, 5) is 10.6. The van der Waals surface area contributed by atoms with Gasteiger partial charge in [0.1, 0.15) is 17.3 Å². The molecule has 1 atom stereocenters. The Balaban J connectivity index is 2.18. The molecule has 2 rings (SSSR count). The van der Waals surface area contributed by atoms with E-state index in [0.29, 0.717) is 16.5 Å². The lowest BCUT2D eigenvalue weighted by molar-refractivity contribution is 0.263. The van der Waals surface area contributed by atoms with E-state index in [-0.39, 0.29) is 0 Å². The predicted octanol–water partition coefficient (Wildman–Crippen LogP) is 3.76. The van der Waals surface area contributed by atoms with Crippen LogP contribution in [0.15, 0.2) is 10.8 Å². The molecule has 1 aliphatic rings. The molecule has 94 valence electrons. The molecule has 1 saturated heterocycles. The topological polar surface area (TPSA) is 29.0 Å². The van der Waals surface area contributed by atoms with E-state index in [9.17, 15) is 0 Å². The second-order valence-corrected chi connectivity index (χ2v) is 6.75. The van der Waals surface area contributed by atoms with Crippen molar-refractivity contribution in [1.82, 2.24) is 9.97 Å². The number of nitrogens with zero attached hydrogens (tertiary/aromatic N) is 3. The molecule has 0 amide bonds. The molecule has 5 heteroatoms. The zero-order valence-corrected chi connectivity index (χ0v) is 12.7. The number of hydrogen-bond acceptors (Lipinski definition) is 3. The third-order valence-corrected chi connectivity index (χ3v) is 4.69. The Bertz CT molecular complexity index is 417. The van der Waals surface area contributed by atoms with E-state index in [4.69, 9.17) is 11.6 Å². The normalized spacial score (nSPS) is 21.0. The quantitative estimate of drug-likeness (QED) is 0.738. The van der Waals surface area contributed by atoms with E-state index in [1.54, 1.807) is 0 Å². The molecule has 0 N–H and O–H groups in total. The van der Waals surface area contributed by atoms with E-state index in [2.05, 4.69) is 51.6 Å². The van der Waals surface area contributed by atoms with Crippen LogP contribution in [0.25, 0.3) is 0 Å². The average molecular weight is 319 g/mol. The largest absolute Gasteiger partial charge is 0.355 e. The first kappa shape index (κ1) is 13.1. The summed E-state index contributed by atoms with van der Waals surface area (Å²) in [6.07, 6.45) is 2.73. The summed E-state index contributed by atoms with van der Waals surface area (Å²) >= 11 is 9.46. The van der Waals surface area contributed by atoms with Crippen LogP contribution in [0.4, 0.5) is 5.82 Å². The molecule has 1 unspecified atom stereocenters. The van der Waals surface area contributed by atoms with Crippen LogP contribution in [-0.2, 0) is 0 Å². The first-order valence-corrected chi connectivity index (χ1v) is 6.97. The lowest BCUT2D eigenvalue weighted by atomic mass is 9.80. The van der Waals surface area contributed by atoms with Gasteiger partial charge in [-0.3, -0.25) is 0 Å². The molecule has 1 aromatic rings. The Hall–Kier alpha value is -0.350. The summed E-state index contributed by atoms with van der Waals surface area (Å²) in [5.41, 5.74) is 0.345. The molecule has 0 aliphatic carbocycles. The number of anilines is 1. The molecule has 0 aromatic carbocycles. The van der Waals surface area contributed by atoms with Crippen LogP contribution in [0.5, 0.6) is 0 Å². The predicted molar refractivity (Wildman–Crippen MR) is 74.5 cm³/mol. The number of hydrogen-bond donors (Lipinski definition) is 0. The summed E-state index contributed by atoms with van der Waals surface area (Å²) in [5, 5.41) is 0.481. The fourth-order valence-electron chi connectivity index (χ4n) is 2.22. The monoisotopic (exact) mass is 317 g/mol. The van der Waals surface area contributed by atoms with Gasteiger partial charge in [0.25, 0.3) is 0 Å². The van der Waals surface area contributed by atoms with Gasteiger partial charge in [-0.25, -0.2) is 9.97 Å². The van der Waals surface area contributed by atoms with Crippen LogP contribution in [0.1, 0.15) is 27.2 Å². The van der Waals surface area contributed by atoms with E-state index in [1.165, 1.54) is 12.7 Å². The first-order valence-electron chi connectivity index (χ1n) is 5.80. The molecule has 0 spiro atoms. The van der Waals surface area contributed by atoms with Crippen LogP contribution < -0.4 is 4.90 Å². The lowest BCUT2D eigenvalue weighted by Gasteiger charge is -2.27. The van der Waals surface area contributed by atoms with Gasteiger partial charge < -0.3 is 4.90 Å². The van der Waals surface area contributed by atoms with Crippen LogP contribution in [0.2, 0.25) is 5.15 Å². The molecule has 0 bridgehead atoms. The maximum absolute atomic E-state index is 5.99. The smallest absolute Gasteiger partial charge is 0.148 e. The van der Waals surface area contributed by atoms with Crippen molar-refractivity contribution in [2.24, 2.45) is 11.3 Å². The van der Waals surface area contributed by atoms with Crippen molar-refractivity contribution in [1.29, 1.82) is 0 Å². The zero-order chi connectivity index (χ0) is 12.6. The van der Waals surface area contributed by atoms with E-state index >= 15 is 0 Å². The van der Waals surface area contributed by atoms with Gasteiger partial charge in [-0.05, 0) is 33.7 Å². The molecule has 1 aliphatic heterocycles. The molecule has 17 heavy (non-hydrogen) atoms. The summed E-state index contributed by atoms with van der Waals surface area (Å²) in [7, 11) is 0. The molecule has 2 heterocycles. The number of rotatable bonds is 1. The molecular weight excluding hydrogens is 302 g/mol. The Kier molecular flexibility index (Phi) is 3.64. The molecular formula is C12H17BrClN3. The fraction of sp³-hybridized carbons (Fsp3) is 0.667. The third kappa shape index (κ3) is 2.74. The van der Waals surface area contributed by atoms with Crippen molar-refractivity contribution in [2.45, 2.75) is 27.2 Å². The first-order chi connectivity index (χ1) is 7.89. The van der Waals surface area contributed by atoms with E-state index in [0.717, 1.165) is 23.4 Å². The minimum Gasteiger partial charge on any atom is -0.355 e. The van der Waals surface area contributed by atoms with Gasteiger partial charge in [-0.2, -0.15) is 0 Å². The number of aromatic nitrogens is 2. The van der Waals surface area contributed by atoms with E-state index < -0.39 is 0 Å². The van der Waals surface area contributed by atoms with Crippen LogP contribution in [0, 0.1) is 11.3 Å². The highest BCUT2D eigenvalue weighted by molar-refractivity contribution is 9.10. The van der Waals surface area contributed by atoms with E-state index in [1.807, 2.05) is 0 Å². The van der Waals surface area contributed by atoms with Crippen molar-refractivity contribution in [2.75, 3.05) is 18.0 Å². The molecule has 3 nitrogen and oxygen atoms in total. The SMILES string of the molecule is CC(C)(C)C1CCN(c2ncnc(Cl)c2Br)C1. The summed E-state index contributed by atoms with van der Waals surface area (Å²) in [6.45, 7) is 8.96. The Labute approximate surface area is 116 Å². The molecule has 1 fully saturated rings. The maximum Gasteiger partial charge on any atom is 0.148 e. The maximum atomic E-state index is 5.99. The second kappa shape index (κ2) is 4.73. The van der Waals surface area contributed by atoms with Gasteiger partial charge in [0.05, 0.1) is 4.47 Å². The summed E-state index contributed by atoms with van der Waals surface area (Å²) in [5.74, 6) is 1.61. The highest BCUT2D eigenvalue weighted by Crippen LogP contribution is 2.38. The zero-order valence-electron chi connectivity index (χ0n) is 10.4. The fourth-order valence-corrected chi connectivity index (χ4v) is 2.80. The second-order valence-electron chi connectivity index (χ2n) is 5.60. The van der Waals surface area contributed by atoms with Crippen molar-refractivity contribution < 1.29 is 0 Å². The van der Waals surface area contributed by atoms with Gasteiger partial charge in [-0.15, -0.1) is 0 Å². The average Bonchev–Trinajstić information content (AvgIpc) is 2.70. The Morgan fingerprint density at radius 1 is 1.41 bits per heavy atom. The number of halogens is 2. The summed E-state index contributed by atoms with van der Waals surface area (Å²) in [6, 6.07) is 0. The van der Waals surface area contributed by atoms with Crippen LogP contribution in [-0.4, -0.2) is 23.1 Å². The van der Waals surface area contributed by atoms with Gasteiger partial charge in [0.15, 0.2) is 0 Å². The third-order valence-electron chi connectivity index (χ3n) is 3.44. The molecule has 1 aromatic heterocycles. The van der Waals surface area contributed by atoms with Gasteiger partial charge >= 0.3 is 0 Å². The Morgan fingerprint density at radius 3 is 2.71 bits per heavy atom. The van der Waals surface area contributed by atoms with Gasteiger partial charge in [0, 0.05) is 13.1 Å². The van der Waals surface area contributed by atoms with Crippen LogP contribution in [0.3, 0.4) is 0 Å². The minimum atomic E-state index is 0.345. The van der Waals surface area contributed by atoms with Gasteiger partial charge in [0.2, 0.25) is 0 Å². The van der Waals surface area contributed by atoms with Crippen molar-refractivity contribution >= 4 is 33.3 Å². The summed E-state index contributed by atoms with van der Waals surface area (Å²) < 4.78 is 0.802. The van der Waals surface area contributed by atoms with Crippen molar-refractivity contribution in [3.8, 4) is 0 Å². The molecule has 0 saturated carbocycles. The van der Waals surface area contributed by atoms with Crippen LogP contribution >= 0.6 is 27.5 Å². The minimum absolute atomic E-state index is 0.345. The van der Waals surface area contributed by atoms with Crippen molar-refractivity contribution in [3.05, 3.63) is 16.0 Å². The highest BCUT2D eigenvalue weighted by Gasteiger charge is 2.33. The van der Waals surface area contributed by atoms with Crippen molar-refractivity contribution in [3.63, 3.8) is 0 Å². The van der Waals surface area contributed by atoms with Gasteiger partial charge in [-0.1, -0.05) is 32.4 Å². The standard InChI is InChI=1S/C12H17BrClN3/c1-12(2,3)8-4-5-17(6-8)11-9(13)10(14)15-7-16-11/h7-8H,4-6H2,1-3H3.